The van der Waals surface area contributed by atoms with E-state index in [-0.39, 0.29) is 5.91 Å². The van der Waals surface area contributed by atoms with Crippen molar-refractivity contribution in [3.63, 3.8) is 0 Å². The zero-order valence-corrected chi connectivity index (χ0v) is 10.0. The maximum absolute atomic E-state index is 12.0. The van der Waals surface area contributed by atoms with Gasteiger partial charge in [-0.05, 0) is 18.1 Å². The van der Waals surface area contributed by atoms with Crippen LogP contribution in [0, 0.1) is 12.3 Å². The van der Waals surface area contributed by atoms with Gasteiger partial charge in [0, 0.05) is 13.1 Å². The molecule has 1 aromatic rings. The largest absolute Gasteiger partial charge is 0.379 e. The number of rotatable bonds is 4. The van der Waals surface area contributed by atoms with Crippen molar-refractivity contribution in [3.05, 3.63) is 35.4 Å². The van der Waals surface area contributed by atoms with E-state index < -0.39 is 5.41 Å². The van der Waals surface area contributed by atoms with E-state index >= 15 is 0 Å². The van der Waals surface area contributed by atoms with Gasteiger partial charge in [-0.1, -0.05) is 24.3 Å². The summed E-state index contributed by atoms with van der Waals surface area (Å²) in [6, 6.07) is 8.01. The Balaban J connectivity index is 1.95. The summed E-state index contributed by atoms with van der Waals surface area (Å²) in [5.74, 6) is -0.00509. The average Bonchev–Trinajstić information content (AvgIpc) is 2.27. The molecule has 1 amide bonds. The van der Waals surface area contributed by atoms with Gasteiger partial charge in [-0.15, -0.1) is 0 Å². The van der Waals surface area contributed by atoms with Gasteiger partial charge in [0.1, 0.15) is 5.41 Å². The Morgan fingerprint density at radius 1 is 1.47 bits per heavy atom. The first-order valence-corrected chi connectivity index (χ1v) is 5.78. The third-order valence-electron chi connectivity index (χ3n) is 3.33. The Bertz CT molecular complexity index is 408. The van der Waals surface area contributed by atoms with Crippen molar-refractivity contribution >= 4 is 5.91 Å². The van der Waals surface area contributed by atoms with Gasteiger partial charge in [0.05, 0.1) is 13.2 Å². The first-order chi connectivity index (χ1) is 8.18. The van der Waals surface area contributed by atoms with Crippen LogP contribution in [0.15, 0.2) is 24.3 Å². The molecule has 1 heterocycles. The Hall–Kier alpha value is -1.39. The minimum Gasteiger partial charge on any atom is -0.379 e. The summed E-state index contributed by atoms with van der Waals surface area (Å²) in [5.41, 5.74) is 7.44. The van der Waals surface area contributed by atoms with E-state index in [2.05, 4.69) is 5.32 Å². The quantitative estimate of drug-likeness (QED) is 0.801. The van der Waals surface area contributed by atoms with Crippen LogP contribution in [-0.2, 0) is 16.1 Å². The van der Waals surface area contributed by atoms with Crippen LogP contribution >= 0.6 is 0 Å². The number of carbonyl (C=O) groups excluding carboxylic acids is 1. The lowest BCUT2D eigenvalue weighted by Crippen LogP contribution is -2.58. The van der Waals surface area contributed by atoms with Gasteiger partial charge in [0.25, 0.3) is 0 Å². The van der Waals surface area contributed by atoms with E-state index in [1.54, 1.807) is 0 Å². The molecule has 92 valence electrons. The van der Waals surface area contributed by atoms with Gasteiger partial charge >= 0.3 is 0 Å². The minimum absolute atomic E-state index is 0.00509. The van der Waals surface area contributed by atoms with Crippen LogP contribution in [0.25, 0.3) is 0 Å². The topological polar surface area (TPSA) is 64.4 Å². The lowest BCUT2D eigenvalue weighted by molar-refractivity contribution is -0.159. The lowest BCUT2D eigenvalue weighted by Gasteiger charge is -2.38. The summed E-state index contributed by atoms with van der Waals surface area (Å²) < 4.78 is 5.09. The normalized spacial score (nSPS) is 17.3. The molecule has 0 spiro atoms. The molecule has 0 atom stereocenters. The molecule has 3 N–H and O–H groups in total. The fourth-order valence-corrected chi connectivity index (χ4v) is 1.86. The highest BCUT2D eigenvalue weighted by molar-refractivity contribution is 5.84. The van der Waals surface area contributed by atoms with E-state index in [0.717, 1.165) is 5.56 Å². The number of carbonyl (C=O) groups is 1. The molecule has 1 fully saturated rings. The van der Waals surface area contributed by atoms with Crippen molar-refractivity contribution in [1.82, 2.24) is 5.32 Å². The van der Waals surface area contributed by atoms with Crippen LogP contribution < -0.4 is 11.1 Å². The summed E-state index contributed by atoms with van der Waals surface area (Å²) in [5, 5.41) is 2.93. The highest BCUT2D eigenvalue weighted by Gasteiger charge is 2.44. The highest BCUT2D eigenvalue weighted by atomic mass is 16.5. The van der Waals surface area contributed by atoms with Crippen molar-refractivity contribution in [3.8, 4) is 0 Å². The van der Waals surface area contributed by atoms with Crippen LogP contribution in [0.3, 0.4) is 0 Å². The number of amides is 1. The predicted molar refractivity (Wildman–Crippen MR) is 65.3 cm³/mol. The zero-order chi connectivity index (χ0) is 12.3. The van der Waals surface area contributed by atoms with Gasteiger partial charge in [0.15, 0.2) is 0 Å². The molecule has 1 aliphatic heterocycles. The van der Waals surface area contributed by atoms with E-state index in [1.807, 2.05) is 31.2 Å². The zero-order valence-electron chi connectivity index (χ0n) is 10.0. The first kappa shape index (κ1) is 12.1. The molecule has 0 saturated carbocycles. The van der Waals surface area contributed by atoms with Crippen LogP contribution in [0.2, 0.25) is 0 Å². The molecule has 1 saturated heterocycles. The van der Waals surface area contributed by atoms with Gasteiger partial charge < -0.3 is 15.8 Å². The summed E-state index contributed by atoms with van der Waals surface area (Å²) in [6.45, 7) is 3.79. The molecule has 1 aliphatic rings. The fourth-order valence-electron chi connectivity index (χ4n) is 1.86. The second kappa shape index (κ2) is 4.85. The molecule has 1 aromatic carbocycles. The van der Waals surface area contributed by atoms with E-state index in [9.17, 15) is 4.79 Å². The Labute approximate surface area is 101 Å². The maximum Gasteiger partial charge on any atom is 0.232 e. The lowest BCUT2D eigenvalue weighted by atomic mass is 9.85. The van der Waals surface area contributed by atoms with Crippen molar-refractivity contribution in [2.75, 3.05) is 19.8 Å². The number of aryl methyl sites for hydroxylation is 1. The molecule has 4 nitrogen and oxygen atoms in total. The highest BCUT2D eigenvalue weighted by Crippen LogP contribution is 2.26. The Kier molecular flexibility index (Phi) is 3.45. The van der Waals surface area contributed by atoms with Gasteiger partial charge in [0.2, 0.25) is 5.91 Å². The van der Waals surface area contributed by atoms with Gasteiger partial charge in [-0.3, -0.25) is 4.79 Å². The molecular weight excluding hydrogens is 216 g/mol. The van der Waals surface area contributed by atoms with Crippen molar-refractivity contribution in [2.45, 2.75) is 13.5 Å². The predicted octanol–water partition coefficient (Wildman–Crippen LogP) is 0.587. The Morgan fingerprint density at radius 3 is 2.71 bits per heavy atom. The third-order valence-corrected chi connectivity index (χ3v) is 3.33. The average molecular weight is 234 g/mol. The second-order valence-corrected chi connectivity index (χ2v) is 4.59. The van der Waals surface area contributed by atoms with Crippen molar-refractivity contribution < 1.29 is 9.53 Å². The molecule has 0 radical (unpaired) electrons. The molecule has 0 unspecified atom stereocenters. The number of ether oxygens (including phenoxy) is 1. The molecule has 0 aliphatic carbocycles. The number of nitrogens with two attached hydrogens (primary N) is 1. The number of hydrogen-bond acceptors (Lipinski definition) is 3. The maximum atomic E-state index is 12.0. The smallest absolute Gasteiger partial charge is 0.232 e. The van der Waals surface area contributed by atoms with Crippen LogP contribution in [0.1, 0.15) is 11.1 Å². The fraction of sp³-hybridized carbons (Fsp3) is 0.462. The Morgan fingerprint density at radius 2 is 2.18 bits per heavy atom. The SMILES string of the molecule is Cc1ccccc1CNC(=O)C1(CN)COC1. The van der Waals surface area contributed by atoms with E-state index in [0.29, 0.717) is 26.3 Å². The van der Waals surface area contributed by atoms with Crippen LogP contribution in [-0.4, -0.2) is 25.7 Å². The summed E-state index contributed by atoms with van der Waals surface area (Å²) >= 11 is 0. The van der Waals surface area contributed by atoms with Crippen molar-refractivity contribution in [2.24, 2.45) is 11.1 Å². The number of nitrogens with one attached hydrogen (secondary N) is 1. The number of benzene rings is 1. The van der Waals surface area contributed by atoms with E-state index in [1.165, 1.54) is 5.56 Å². The summed E-state index contributed by atoms with van der Waals surface area (Å²) in [6.07, 6.45) is 0. The van der Waals surface area contributed by atoms with Gasteiger partial charge in [-0.2, -0.15) is 0 Å². The van der Waals surface area contributed by atoms with Gasteiger partial charge in [-0.25, -0.2) is 0 Å². The molecule has 2 rings (SSSR count). The molecule has 0 aromatic heterocycles. The molecular formula is C13H18N2O2. The standard InChI is InChI=1S/C13H18N2O2/c1-10-4-2-3-5-11(10)6-15-12(16)13(7-14)8-17-9-13/h2-5H,6-9,14H2,1H3,(H,15,16). The molecule has 17 heavy (non-hydrogen) atoms. The number of hydrogen-bond donors (Lipinski definition) is 2. The van der Waals surface area contributed by atoms with E-state index in [4.69, 9.17) is 10.5 Å². The monoisotopic (exact) mass is 234 g/mol. The molecule has 4 heteroatoms. The first-order valence-electron chi connectivity index (χ1n) is 5.78. The second-order valence-electron chi connectivity index (χ2n) is 4.59. The summed E-state index contributed by atoms with van der Waals surface area (Å²) in [4.78, 5) is 12.0. The summed E-state index contributed by atoms with van der Waals surface area (Å²) in [7, 11) is 0. The third kappa shape index (κ3) is 2.33. The van der Waals surface area contributed by atoms with Crippen LogP contribution in [0.4, 0.5) is 0 Å². The van der Waals surface area contributed by atoms with Crippen molar-refractivity contribution in [1.29, 1.82) is 0 Å². The minimum atomic E-state index is -0.497. The molecule has 0 bridgehead atoms. The van der Waals surface area contributed by atoms with Crippen LogP contribution in [0.5, 0.6) is 0 Å².